The van der Waals surface area contributed by atoms with Gasteiger partial charge in [-0.25, -0.2) is 0 Å². The van der Waals surface area contributed by atoms with Gasteiger partial charge < -0.3 is 14.8 Å². The molecule has 112 valence electrons. The molecule has 3 unspecified atom stereocenters. The number of hydrogen-bond donors (Lipinski definition) is 1. The lowest BCUT2D eigenvalue weighted by Gasteiger charge is -2.44. The smallest absolute Gasteiger partial charge is 0.128 e. The van der Waals surface area contributed by atoms with E-state index in [4.69, 9.17) is 9.47 Å². The van der Waals surface area contributed by atoms with Crippen molar-refractivity contribution in [2.24, 2.45) is 0 Å². The molecule has 0 heterocycles. The van der Waals surface area contributed by atoms with Gasteiger partial charge in [0.1, 0.15) is 18.0 Å². The van der Waals surface area contributed by atoms with Gasteiger partial charge in [0.25, 0.3) is 0 Å². The Bertz CT molecular complexity index is 413. The van der Waals surface area contributed by atoms with E-state index in [-0.39, 0.29) is 12.2 Å². The van der Waals surface area contributed by atoms with Crippen LogP contribution in [0, 0.1) is 13.8 Å². The van der Waals surface area contributed by atoms with E-state index in [2.05, 4.69) is 51.2 Å². The number of rotatable bonds is 7. The fraction of sp³-hybridized carbons (Fsp3) is 0.647. The molecule has 0 aliphatic heterocycles. The van der Waals surface area contributed by atoms with Crippen LogP contribution in [0.1, 0.15) is 37.8 Å². The summed E-state index contributed by atoms with van der Waals surface area (Å²) in [5.74, 6) is 1.03. The van der Waals surface area contributed by atoms with E-state index in [1.54, 1.807) is 0 Å². The number of para-hydroxylation sites is 1. The number of benzene rings is 1. The van der Waals surface area contributed by atoms with E-state index in [9.17, 15) is 0 Å². The van der Waals surface area contributed by atoms with Gasteiger partial charge in [-0.2, -0.15) is 0 Å². The molecule has 20 heavy (non-hydrogen) atoms. The molecule has 0 bridgehead atoms. The highest BCUT2D eigenvalue weighted by atomic mass is 16.5. The quantitative estimate of drug-likeness (QED) is 0.830. The monoisotopic (exact) mass is 277 g/mol. The molecule has 1 saturated carbocycles. The van der Waals surface area contributed by atoms with Crippen LogP contribution in [0.5, 0.6) is 5.75 Å². The van der Waals surface area contributed by atoms with Crippen molar-refractivity contribution in [3.63, 3.8) is 0 Å². The molecular formula is C17H27NO2. The Morgan fingerprint density at radius 2 is 1.90 bits per heavy atom. The van der Waals surface area contributed by atoms with E-state index >= 15 is 0 Å². The summed E-state index contributed by atoms with van der Waals surface area (Å²) in [6.45, 7) is 10.3. The summed E-state index contributed by atoms with van der Waals surface area (Å²) < 4.78 is 12.2. The van der Waals surface area contributed by atoms with Crippen molar-refractivity contribution >= 4 is 0 Å². The molecule has 1 aliphatic carbocycles. The molecule has 0 saturated heterocycles. The zero-order valence-electron chi connectivity index (χ0n) is 13.1. The van der Waals surface area contributed by atoms with Crippen LogP contribution in [-0.2, 0) is 4.74 Å². The molecule has 2 rings (SSSR count). The fourth-order valence-electron chi connectivity index (χ4n) is 2.77. The zero-order valence-corrected chi connectivity index (χ0v) is 13.1. The van der Waals surface area contributed by atoms with Gasteiger partial charge in [-0.05, 0) is 37.9 Å². The Balaban J connectivity index is 2.01. The maximum atomic E-state index is 6.23. The van der Waals surface area contributed by atoms with Crippen LogP contribution in [0.3, 0.4) is 0 Å². The second-order valence-corrected chi connectivity index (χ2v) is 5.61. The van der Waals surface area contributed by atoms with Crippen LogP contribution in [-0.4, -0.2) is 31.4 Å². The lowest BCUT2D eigenvalue weighted by molar-refractivity contribution is -0.107. The third-order valence-corrected chi connectivity index (χ3v) is 3.91. The van der Waals surface area contributed by atoms with Crippen LogP contribution in [0.2, 0.25) is 0 Å². The largest absolute Gasteiger partial charge is 0.487 e. The van der Waals surface area contributed by atoms with E-state index in [1.165, 1.54) is 11.1 Å². The third-order valence-electron chi connectivity index (χ3n) is 3.91. The second kappa shape index (κ2) is 7.09. The Morgan fingerprint density at radius 3 is 2.50 bits per heavy atom. The first kappa shape index (κ1) is 15.3. The van der Waals surface area contributed by atoms with Gasteiger partial charge in [0.15, 0.2) is 0 Å². The summed E-state index contributed by atoms with van der Waals surface area (Å²) >= 11 is 0. The van der Waals surface area contributed by atoms with E-state index < -0.39 is 0 Å². The van der Waals surface area contributed by atoms with E-state index in [0.717, 1.165) is 31.7 Å². The zero-order chi connectivity index (χ0) is 14.5. The summed E-state index contributed by atoms with van der Waals surface area (Å²) in [5, 5.41) is 3.48. The predicted octanol–water partition coefficient (Wildman–Crippen LogP) is 3.23. The molecule has 3 nitrogen and oxygen atoms in total. The first-order chi connectivity index (χ1) is 9.67. The highest BCUT2D eigenvalue weighted by Crippen LogP contribution is 2.32. The maximum absolute atomic E-state index is 6.23. The molecule has 0 radical (unpaired) electrons. The Morgan fingerprint density at radius 1 is 1.20 bits per heavy atom. The van der Waals surface area contributed by atoms with Gasteiger partial charge in [-0.3, -0.25) is 0 Å². The molecule has 1 aromatic rings. The molecule has 3 atom stereocenters. The van der Waals surface area contributed by atoms with Crippen molar-refractivity contribution in [2.45, 2.75) is 58.8 Å². The first-order valence-corrected chi connectivity index (χ1v) is 7.75. The molecule has 0 amide bonds. The van der Waals surface area contributed by atoms with Crippen LogP contribution < -0.4 is 10.1 Å². The van der Waals surface area contributed by atoms with Crippen molar-refractivity contribution in [1.29, 1.82) is 0 Å². The van der Waals surface area contributed by atoms with Gasteiger partial charge in [-0.1, -0.05) is 32.0 Å². The van der Waals surface area contributed by atoms with Crippen molar-refractivity contribution in [3.8, 4) is 5.75 Å². The molecule has 1 aliphatic rings. The highest BCUT2D eigenvalue weighted by molar-refractivity contribution is 5.40. The third kappa shape index (κ3) is 3.33. The summed E-state index contributed by atoms with van der Waals surface area (Å²) in [7, 11) is 0. The van der Waals surface area contributed by atoms with Gasteiger partial charge in [0.2, 0.25) is 0 Å². The fourth-order valence-corrected chi connectivity index (χ4v) is 2.77. The molecule has 0 spiro atoms. The standard InChI is InChI=1S/C17H27NO2/c1-5-10-19-17-14(18-6-2)11-15(17)20-16-12(3)8-7-9-13(16)4/h7-9,14-15,17-18H,5-6,10-11H2,1-4H3. The summed E-state index contributed by atoms with van der Waals surface area (Å²) in [5.41, 5.74) is 2.40. The van der Waals surface area contributed by atoms with Gasteiger partial charge in [-0.15, -0.1) is 0 Å². The first-order valence-electron chi connectivity index (χ1n) is 7.75. The van der Waals surface area contributed by atoms with Gasteiger partial charge >= 0.3 is 0 Å². The Labute approximate surface area is 122 Å². The van der Waals surface area contributed by atoms with E-state index in [1.807, 2.05) is 0 Å². The summed E-state index contributed by atoms with van der Waals surface area (Å²) in [4.78, 5) is 0. The van der Waals surface area contributed by atoms with Crippen LogP contribution in [0.15, 0.2) is 18.2 Å². The lowest BCUT2D eigenvalue weighted by atomic mass is 9.85. The van der Waals surface area contributed by atoms with Crippen molar-refractivity contribution in [1.82, 2.24) is 5.32 Å². The Kier molecular flexibility index (Phi) is 5.44. The summed E-state index contributed by atoms with van der Waals surface area (Å²) in [6.07, 6.45) is 2.42. The normalized spacial score (nSPS) is 25.3. The lowest BCUT2D eigenvalue weighted by Crippen LogP contribution is -2.61. The molecule has 1 fully saturated rings. The Hall–Kier alpha value is -1.06. The number of likely N-dealkylation sites (N-methyl/N-ethyl adjacent to an activating group) is 1. The second-order valence-electron chi connectivity index (χ2n) is 5.61. The van der Waals surface area contributed by atoms with Crippen LogP contribution in [0.25, 0.3) is 0 Å². The molecule has 1 aromatic carbocycles. The molecule has 1 N–H and O–H groups in total. The minimum Gasteiger partial charge on any atom is -0.487 e. The number of ether oxygens (including phenoxy) is 2. The number of hydrogen-bond acceptors (Lipinski definition) is 3. The molecular weight excluding hydrogens is 250 g/mol. The van der Waals surface area contributed by atoms with Crippen molar-refractivity contribution < 1.29 is 9.47 Å². The average molecular weight is 277 g/mol. The SMILES string of the molecule is CCCOC1C(NCC)CC1Oc1c(C)cccc1C. The highest BCUT2D eigenvalue weighted by Gasteiger charge is 2.43. The molecule has 3 heteroatoms. The maximum Gasteiger partial charge on any atom is 0.128 e. The summed E-state index contributed by atoms with van der Waals surface area (Å²) in [6, 6.07) is 6.71. The average Bonchev–Trinajstić information content (AvgIpc) is 2.41. The van der Waals surface area contributed by atoms with Crippen LogP contribution in [0.4, 0.5) is 0 Å². The molecule has 0 aromatic heterocycles. The minimum absolute atomic E-state index is 0.172. The van der Waals surface area contributed by atoms with Crippen molar-refractivity contribution in [3.05, 3.63) is 29.3 Å². The number of aryl methyl sites for hydroxylation is 2. The van der Waals surface area contributed by atoms with Gasteiger partial charge in [0.05, 0.1) is 0 Å². The predicted molar refractivity (Wildman–Crippen MR) is 82.4 cm³/mol. The van der Waals surface area contributed by atoms with Gasteiger partial charge in [0, 0.05) is 19.1 Å². The topological polar surface area (TPSA) is 30.5 Å². The van der Waals surface area contributed by atoms with E-state index in [0.29, 0.717) is 6.04 Å². The van der Waals surface area contributed by atoms with Crippen molar-refractivity contribution in [2.75, 3.05) is 13.2 Å². The number of nitrogens with one attached hydrogen (secondary N) is 1. The van der Waals surface area contributed by atoms with Crippen LogP contribution >= 0.6 is 0 Å². The minimum atomic E-state index is 0.172.